The molecule has 1 aromatic rings. The molecule has 5 atom stereocenters. The van der Waals surface area contributed by atoms with Gasteiger partial charge in [-0.1, -0.05) is 0 Å². The molecular formula is C23H28ClFN4O11. The lowest BCUT2D eigenvalue weighted by Crippen LogP contribution is -2.61. The number of benzene rings is 1. The van der Waals surface area contributed by atoms with Crippen molar-refractivity contribution in [2.24, 2.45) is 5.29 Å². The molecule has 1 heterocycles. The van der Waals surface area contributed by atoms with Crippen molar-refractivity contribution in [3.05, 3.63) is 29.2 Å². The highest BCUT2D eigenvalue weighted by molar-refractivity contribution is 6.18. The van der Waals surface area contributed by atoms with E-state index in [9.17, 15) is 28.9 Å². The first-order chi connectivity index (χ1) is 18.9. The molecule has 0 radical (unpaired) electrons. The molecule has 1 aliphatic rings. The summed E-state index contributed by atoms with van der Waals surface area (Å²) in [5.41, 5.74) is 0.277. The smallest absolute Gasteiger partial charge is 0.340 e. The van der Waals surface area contributed by atoms with Gasteiger partial charge in [-0.05, 0) is 24.3 Å². The fourth-order valence-electron chi connectivity index (χ4n) is 3.42. The molecule has 3 amide bonds. The minimum atomic E-state index is -2.12. The lowest BCUT2D eigenvalue weighted by Gasteiger charge is -2.41. The monoisotopic (exact) mass is 590 g/mol. The number of hydrogen-bond acceptors (Lipinski definition) is 12. The lowest BCUT2D eigenvalue weighted by molar-refractivity contribution is -0.271. The summed E-state index contributed by atoms with van der Waals surface area (Å²) in [6.07, 6.45) is -8.10. The third-order valence-electron chi connectivity index (χ3n) is 5.05. The predicted octanol–water partition coefficient (Wildman–Crippen LogP) is 1.43. The van der Waals surface area contributed by atoms with Crippen molar-refractivity contribution in [2.45, 2.75) is 51.5 Å². The van der Waals surface area contributed by atoms with Crippen molar-refractivity contribution in [3.63, 3.8) is 0 Å². The topological polar surface area (TPSA) is 188 Å². The Bertz CT molecular complexity index is 1080. The Labute approximate surface area is 232 Å². The number of alkyl halides is 2. The maximum atomic E-state index is 15.4. The van der Waals surface area contributed by atoms with Crippen LogP contribution < -0.4 is 15.4 Å². The molecule has 0 aliphatic carbocycles. The molecule has 2 N–H and O–H groups in total. The van der Waals surface area contributed by atoms with Crippen LogP contribution in [0.3, 0.4) is 0 Å². The summed E-state index contributed by atoms with van der Waals surface area (Å²) in [5.74, 6) is -2.94. The van der Waals surface area contributed by atoms with E-state index in [0.29, 0.717) is 5.01 Å². The summed E-state index contributed by atoms with van der Waals surface area (Å²) in [7, 11) is 0. The Kier molecular flexibility index (Phi) is 12.5. The maximum absolute atomic E-state index is 15.4. The van der Waals surface area contributed by atoms with E-state index in [2.05, 4.69) is 15.9 Å². The van der Waals surface area contributed by atoms with Gasteiger partial charge in [-0.3, -0.25) is 19.2 Å². The van der Waals surface area contributed by atoms with Crippen LogP contribution in [0.4, 0.5) is 14.9 Å². The second kappa shape index (κ2) is 15.5. The summed E-state index contributed by atoms with van der Waals surface area (Å²) in [4.78, 5) is 69.1. The van der Waals surface area contributed by atoms with Gasteiger partial charge in [-0.25, -0.2) is 9.18 Å². The number of rotatable bonds is 12. The first-order valence-electron chi connectivity index (χ1n) is 11.7. The highest BCUT2D eigenvalue weighted by Gasteiger charge is 2.52. The molecule has 0 saturated carbocycles. The molecule has 15 nitrogen and oxygen atoms in total. The minimum absolute atomic E-state index is 0.0289. The third kappa shape index (κ3) is 9.92. The van der Waals surface area contributed by atoms with Gasteiger partial charge in [0.05, 0.1) is 18.4 Å². The molecule has 0 unspecified atom stereocenters. The second-order valence-electron chi connectivity index (χ2n) is 8.18. The SMILES string of the molecule is CC(=O)OC[C@H]1O[C@@H](Oc2ccc(NC(=O)CNC(=O)N(CCCl)N=O)cc2)[C@H](F)[C@@H](OC(C)=O)[C@@H]1OC(C)=O. The van der Waals surface area contributed by atoms with Crippen LogP contribution in [0.1, 0.15) is 20.8 Å². The van der Waals surface area contributed by atoms with Crippen molar-refractivity contribution in [3.8, 4) is 5.75 Å². The Hall–Kier alpha value is -4.05. The summed E-state index contributed by atoms with van der Waals surface area (Å²) in [5, 5.41) is 7.71. The summed E-state index contributed by atoms with van der Waals surface area (Å²) >= 11 is 5.46. The second-order valence-corrected chi connectivity index (χ2v) is 8.56. The standard InChI is InChI=1S/C23H28ClFN4O11/c1-12(30)36-11-17-20(37-13(2)31)21(38-14(3)32)19(25)22(40-17)39-16-6-4-15(5-7-16)27-18(33)10-26-23(34)29(28-35)9-8-24/h4-7,17,19-22H,8-11H2,1-3H3,(H,26,34)(H,27,33)/t17-,19-,20-,21-,22-/m1/s1. The van der Waals surface area contributed by atoms with Gasteiger partial charge in [-0.15, -0.1) is 16.5 Å². The van der Waals surface area contributed by atoms with Crippen LogP contribution in [0.5, 0.6) is 5.75 Å². The Morgan fingerprint density at radius 3 is 2.20 bits per heavy atom. The van der Waals surface area contributed by atoms with Crippen LogP contribution in [0.25, 0.3) is 0 Å². The minimum Gasteiger partial charge on any atom is -0.463 e. The van der Waals surface area contributed by atoms with Gasteiger partial charge in [0.25, 0.3) is 0 Å². The van der Waals surface area contributed by atoms with Crippen LogP contribution in [-0.4, -0.2) is 91.2 Å². The first kappa shape index (κ1) is 32.2. The van der Waals surface area contributed by atoms with Gasteiger partial charge >= 0.3 is 23.9 Å². The van der Waals surface area contributed by atoms with Crippen LogP contribution >= 0.6 is 11.6 Å². The Morgan fingerprint density at radius 1 is 1.02 bits per heavy atom. The fourth-order valence-corrected chi connectivity index (χ4v) is 3.58. The normalized spacial score (nSPS) is 21.8. The fraction of sp³-hybridized carbons (Fsp3) is 0.522. The number of anilines is 1. The van der Waals surface area contributed by atoms with Crippen LogP contribution in [0, 0.1) is 4.91 Å². The summed E-state index contributed by atoms with van der Waals surface area (Å²) in [6, 6.07) is 4.63. The molecule has 40 heavy (non-hydrogen) atoms. The van der Waals surface area contributed by atoms with E-state index in [1.807, 2.05) is 0 Å². The number of nitroso groups, excluding NO2 is 1. The number of ether oxygens (including phenoxy) is 5. The van der Waals surface area contributed by atoms with Crippen molar-refractivity contribution < 1.29 is 52.0 Å². The Balaban J connectivity index is 2.07. The third-order valence-corrected chi connectivity index (χ3v) is 5.22. The lowest BCUT2D eigenvalue weighted by atomic mass is 9.99. The van der Waals surface area contributed by atoms with Crippen LogP contribution in [0.2, 0.25) is 0 Å². The molecule has 1 aliphatic heterocycles. The zero-order chi connectivity index (χ0) is 29.8. The van der Waals surface area contributed by atoms with Gasteiger partial charge in [0, 0.05) is 32.3 Å². The Morgan fingerprint density at radius 2 is 1.65 bits per heavy atom. The zero-order valence-corrected chi connectivity index (χ0v) is 22.4. The summed E-state index contributed by atoms with van der Waals surface area (Å²) < 4.78 is 41.7. The first-order valence-corrected chi connectivity index (χ1v) is 12.3. The number of hydrogen-bond donors (Lipinski definition) is 2. The molecule has 1 fully saturated rings. The quantitative estimate of drug-likeness (QED) is 0.118. The number of halogens is 2. The van der Waals surface area contributed by atoms with Gasteiger partial charge in [-0.2, -0.15) is 5.01 Å². The van der Waals surface area contributed by atoms with Crippen molar-refractivity contribution >= 4 is 47.1 Å². The average molecular weight is 591 g/mol. The van der Waals surface area contributed by atoms with Gasteiger partial charge in [0.2, 0.25) is 18.4 Å². The van der Waals surface area contributed by atoms with Crippen molar-refractivity contribution in [1.29, 1.82) is 0 Å². The molecule has 0 spiro atoms. The molecule has 1 aromatic carbocycles. The van der Waals surface area contributed by atoms with Gasteiger partial charge in [0.1, 0.15) is 18.5 Å². The van der Waals surface area contributed by atoms with E-state index >= 15 is 4.39 Å². The number of nitrogens with one attached hydrogen (secondary N) is 2. The highest BCUT2D eigenvalue weighted by atomic mass is 35.5. The summed E-state index contributed by atoms with van der Waals surface area (Å²) in [6.45, 7) is 2.17. The number of esters is 3. The maximum Gasteiger partial charge on any atom is 0.340 e. The van der Waals surface area contributed by atoms with E-state index < -0.39 is 73.8 Å². The number of carbonyl (C=O) groups is 5. The number of nitrogens with zero attached hydrogens (tertiary/aromatic N) is 2. The van der Waals surface area contributed by atoms with E-state index in [-0.39, 0.29) is 23.9 Å². The predicted molar refractivity (Wildman–Crippen MR) is 134 cm³/mol. The zero-order valence-electron chi connectivity index (χ0n) is 21.7. The van der Waals surface area contributed by atoms with Gasteiger partial charge in [0.15, 0.2) is 12.2 Å². The molecule has 17 heteroatoms. The number of carbonyl (C=O) groups excluding carboxylic acids is 5. The average Bonchev–Trinajstić information content (AvgIpc) is 2.89. The van der Waals surface area contributed by atoms with Crippen molar-refractivity contribution in [2.75, 3.05) is 30.9 Å². The molecule has 2 rings (SSSR count). The van der Waals surface area contributed by atoms with Crippen LogP contribution in [0.15, 0.2) is 29.6 Å². The van der Waals surface area contributed by atoms with E-state index in [0.717, 1.165) is 20.8 Å². The molecule has 1 saturated heterocycles. The number of amides is 3. The van der Waals surface area contributed by atoms with E-state index in [1.54, 1.807) is 0 Å². The highest BCUT2D eigenvalue weighted by Crippen LogP contribution is 2.31. The van der Waals surface area contributed by atoms with E-state index in [4.69, 9.17) is 35.3 Å². The van der Waals surface area contributed by atoms with Gasteiger partial charge < -0.3 is 34.3 Å². The molecule has 0 bridgehead atoms. The molecular weight excluding hydrogens is 563 g/mol. The molecule has 0 aromatic heterocycles. The number of urea groups is 1. The molecule has 220 valence electrons. The largest absolute Gasteiger partial charge is 0.463 e. The van der Waals surface area contributed by atoms with Crippen LogP contribution in [-0.2, 0) is 38.1 Å². The van der Waals surface area contributed by atoms with E-state index in [1.165, 1.54) is 24.3 Å². The van der Waals surface area contributed by atoms with Crippen molar-refractivity contribution in [1.82, 2.24) is 10.3 Å².